The minimum absolute atomic E-state index is 0.0815. The molecule has 0 spiro atoms. The van der Waals surface area contributed by atoms with E-state index in [1.807, 2.05) is 41.8 Å². The fourth-order valence-electron chi connectivity index (χ4n) is 2.46. The molecule has 0 bridgehead atoms. The van der Waals surface area contributed by atoms with Crippen molar-refractivity contribution in [1.29, 1.82) is 0 Å². The second-order valence-corrected chi connectivity index (χ2v) is 8.08. The first-order valence-corrected chi connectivity index (χ1v) is 10.5. The predicted octanol–water partition coefficient (Wildman–Crippen LogP) is 3.18. The van der Waals surface area contributed by atoms with Crippen LogP contribution in [0.15, 0.2) is 46.6 Å². The van der Waals surface area contributed by atoms with E-state index in [0.29, 0.717) is 20.7 Å². The Morgan fingerprint density at radius 1 is 1.22 bits per heavy atom. The molecule has 3 aromatic rings. The minimum atomic E-state index is -0.103. The van der Waals surface area contributed by atoms with E-state index in [1.165, 1.54) is 33.3 Å². The number of aromatic nitrogens is 1. The lowest BCUT2D eigenvalue weighted by Crippen LogP contribution is -2.29. The summed E-state index contributed by atoms with van der Waals surface area (Å²) in [5.41, 5.74) is 0.821. The van der Waals surface area contributed by atoms with Gasteiger partial charge in [-0.25, -0.2) is 0 Å². The van der Waals surface area contributed by atoms with Crippen LogP contribution in [0.1, 0.15) is 35.0 Å². The zero-order valence-electron chi connectivity index (χ0n) is 15.3. The van der Waals surface area contributed by atoms with Gasteiger partial charge in [0.1, 0.15) is 10.4 Å². The quantitative estimate of drug-likeness (QED) is 0.453. The summed E-state index contributed by atoms with van der Waals surface area (Å²) in [5, 5.41) is 1.86. The molecule has 0 aliphatic carbocycles. The number of carbonyl (C=O) groups excluding carboxylic acids is 1. The highest BCUT2D eigenvalue weighted by molar-refractivity contribution is 7.12. The summed E-state index contributed by atoms with van der Waals surface area (Å²) < 4.78 is 8.42. The Morgan fingerprint density at radius 3 is 2.67 bits per heavy atom. The van der Waals surface area contributed by atoms with Gasteiger partial charge in [-0.1, -0.05) is 31.5 Å². The van der Waals surface area contributed by atoms with Crippen molar-refractivity contribution in [3.63, 3.8) is 0 Å². The fraction of sp³-hybridized carbons (Fsp3) is 0.238. The molecule has 0 saturated carbocycles. The van der Waals surface area contributed by atoms with Gasteiger partial charge in [-0.2, -0.15) is 0 Å². The number of hydrogen-bond acceptors (Lipinski definition) is 5. The normalized spacial score (nSPS) is 12.5. The molecule has 3 rings (SSSR count). The average Bonchev–Trinajstić information content (AvgIpc) is 3.29. The average molecular weight is 400 g/mol. The first-order chi connectivity index (χ1) is 13.1. The van der Waals surface area contributed by atoms with Crippen LogP contribution in [0.4, 0.5) is 0 Å². The van der Waals surface area contributed by atoms with Crippen LogP contribution in [0.5, 0.6) is 5.75 Å². The van der Waals surface area contributed by atoms with E-state index in [-0.39, 0.29) is 11.3 Å². The van der Waals surface area contributed by atoms with Crippen molar-refractivity contribution in [1.82, 2.24) is 4.57 Å². The molecule has 0 amide bonds. The van der Waals surface area contributed by atoms with Crippen LogP contribution in [0, 0.1) is 0 Å². The van der Waals surface area contributed by atoms with Gasteiger partial charge < -0.3 is 9.30 Å². The second kappa shape index (κ2) is 8.97. The summed E-state index contributed by atoms with van der Waals surface area (Å²) in [6.07, 6.45) is 5.50. The SMILES string of the molecule is CCCCOc1ccc(/C=c2\s/c(=C\C(=O)c3cccs3)n(C)c2=O)cc1. The van der Waals surface area contributed by atoms with Crippen LogP contribution in [-0.2, 0) is 7.05 Å². The summed E-state index contributed by atoms with van der Waals surface area (Å²) in [5.74, 6) is 0.747. The number of carbonyl (C=O) groups is 1. The van der Waals surface area contributed by atoms with Gasteiger partial charge in [0.05, 0.1) is 16.0 Å². The lowest BCUT2D eigenvalue weighted by atomic mass is 10.2. The smallest absolute Gasteiger partial charge is 0.268 e. The number of ether oxygens (including phenoxy) is 1. The third-order valence-electron chi connectivity index (χ3n) is 4.02. The third-order valence-corrected chi connectivity index (χ3v) is 6.02. The molecule has 1 aromatic carbocycles. The lowest BCUT2D eigenvalue weighted by molar-refractivity contribution is 0.106. The zero-order valence-corrected chi connectivity index (χ0v) is 16.9. The number of Topliss-reactive ketones (excluding diaryl/α,β-unsaturated/α-hetero) is 1. The Balaban J connectivity index is 1.87. The summed E-state index contributed by atoms with van der Waals surface area (Å²) in [6, 6.07) is 11.3. The number of thiophene rings is 1. The van der Waals surface area contributed by atoms with E-state index in [1.54, 1.807) is 13.1 Å². The van der Waals surface area contributed by atoms with Gasteiger partial charge in [0, 0.05) is 13.1 Å². The Kier molecular flexibility index (Phi) is 6.42. The van der Waals surface area contributed by atoms with Crippen LogP contribution in [-0.4, -0.2) is 17.0 Å². The number of rotatable bonds is 7. The Labute approximate surface area is 165 Å². The maximum absolute atomic E-state index is 12.5. The monoisotopic (exact) mass is 399 g/mol. The molecule has 2 aromatic heterocycles. The van der Waals surface area contributed by atoms with E-state index >= 15 is 0 Å². The number of thiazole rings is 1. The van der Waals surface area contributed by atoms with Crippen molar-refractivity contribution < 1.29 is 9.53 Å². The van der Waals surface area contributed by atoms with Crippen LogP contribution < -0.4 is 19.5 Å². The summed E-state index contributed by atoms with van der Waals surface area (Å²) in [4.78, 5) is 25.4. The highest BCUT2D eigenvalue weighted by atomic mass is 32.1. The Hall–Kier alpha value is -2.44. The molecule has 0 fully saturated rings. The zero-order chi connectivity index (χ0) is 19.2. The summed E-state index contributed by atoms with van der Waals surface area (Å²) >= 11 is 2.71. The Bertz CT molecular complexity index is 1070. The molecule has 27 heavy (non-hydrogen) atoms. The molecular weight excluding hydrogens is 378 g/mol. The molecule has 0 saturated heterocycles. The van der Waals surface area contributed by atoms with Gasteiger partial charge in [-0.15, -0.1) is 22.7 Å². The van der Waals surface area contributed by atoms with Crippen molar-refractivity contribution in [3.8, 4) is 5.75 Å². The molecule has 4 nitrogen and oxygen atoms in total. The maximum Gasteiger partial charge on any atom is 0.268 e. The van der Waals surface area contributed by atoms with Gasteiger partial charge >= 0.3 is 0 Å². The minimum Gasteiger partial charge on any atom is -0.494 e. The molecule has 6 heteroatoms. The van der Waals surface area contributed by atoms with Crippen molar-refractivity contribution in [3.05, 3.63) is 71.8 Å². The van der Waals surface area contributed by atoms with Crippen LogP contribution in [0.3, 0.4) is 0 Å². The standard InChI is InChI=1S/C21H21NO3S2/c1-3-4-11-25-16-9-7-15(8-10-16)13-19-21(24)22(2)20(27-19)14-17(23)18-6-5-12-26-18/h5-10,12-14H,3-4,11H2,1-2H3/b19-13-,20-14-. The van der Waals surface area contributed by atoms with Crippen LogP contribution in [0.25, 0.3) is 12.2 Å². The number of nitrogens with zero attached hydrogens (tertiary/aromatic N) is 1. The first-order valence-electron chi connectivity index (χ1n) is 8.78. The van der Waals surface area contributed by atoms with Crippen molar-refractivity contribution >= 4 is 40.6 Å². The van der Waals surface area contributed by atoms with Gasteiger partial charge in [0.2, 0.25) is 0 Å². The highest BCUT2D eigenvalue weighted by Gasteiger charge is 2.06. The highest BCUT2D eigenvalue weighted by Crippen LogP contribution is 2.13. The van der Waals surface area contributed by atoms with Crippen LogP contribution >= 0.6 is 22.7 Å². The number of unbranched alkanes of at least 4 members (excludes halogenated alkanes) is 1. The van der Waals surface area contributed by atoms with E-state index in [9.17, 15) is 9.59 Å². The van der Waals surface area contributed by atoms with Gasteiger partial charge in [0.15, 0.2) is 5.78 Å². The maximum atomic E-state index is 12.5. The molecule has 0 N–H and O–H groups in total. The van der Waals surface area contributed by atoms with Crippen molar-refractivity contribution in [2.75, 3.05) is 6.61 Å². The molecule has 2 heterocycles. The molecule has 0 atom stereocenters. The van der Waals surface area contributed by atoms with E-state index in [4.69, 9.17) is 4.74 Å². The number of benzene rings is 1. The lowest BCUT2D eigenvalue weighted by Gasteiger charge is -2.04. The van der Waals surface area contributed by atoms with Gasteiger partial charge in [-0.3, -0.25) is 9.59 Å². The topological polar surface area (TPSA) is 48.3 Å². The van der Waals surface area contributed by atoms with Crippen molar-refractivity contribution in [2.24, 2.45) is 7.05 Å². The third kappa shape index (κ3) is 4.84. The van der Waals surface area contributed by atoms with E-state index in [2.05, 4.69) is 6.92 Å². The largest absolute Gasteiger partial charge is 0.494 e. The molecule has 140 valence electrons. The molecule has 0 aliphatic heterocycles. The first kappa shape index (κ1) is 19.3. The van der Waals surface area contributed by atoms with Gasteiger partial charge in [-0.05, 0) is 41.6 Å². The Morgan fingerprint density at radius 2 is 2.00 bits per heavy atom. The number of hydrogen-bond donors (Lipinski definition) is 0. The van der Waals surface area contributed by atoms with Gasteiger partial charge in [0.25, 0.3) is 5.56 Å². The van der Waals surface area contributed by atoms with Crippen molar-refractivity contribution in [2.45, 2.75) is 19.8 Å². The van der Waals surface area contributed by atoms with E-state index in [0.717, 1.165) is 24.2 Å². The molecule has 0 aliphatic rings. The fourth-order valence-corrected chi connectivity index (χ4v) is 4.12. The number of ketones is 1. The summed E-state index contributed by atoms with van der Waals surface area (Å²) in [6.45, 7) is 2.84. The second-order valence-electron chi connectivity index (χ2n) is 6.07. The summed E-state index contributed by atoms with van der Waals surface area (Å²) in [7, 11) is 1.69. The van der Waals surface area contributed by atoms with Crippen LogP contribution in [0.2, 0.25) is 0 Å². The van der Waals surface area contributed by atoms with E-state index < -0.39 is 0 Å². The molecule has 0 unspecified atom stereocenters. The molecular formula is C21H21NO3S2. The molecule has 0 radical (unpaired) electrons. The predicted molar refractivity (Wildman–Crippen MR) is 112 cm³/mol.